The topological polar surface area (TPSA) is 6.25 Å². The van der Waals surface area contributed by atoms with E-state index in [4.69, 9.17) is 0 Å². The van der Waals surface area contributed by atoms with E-state index in [1.54, 1.807) is 0 Å². The van der Waals surface area contributed by atoms with Crippen molar-refractivity contribution in [2.45, 2.75) is 6.42 Å². The van der Waals surface area contributed by atoms with Crippen molar-refractivity contribution >= 4 is 17.8 Å². The van der Waals surface area contributed by atoms with Crippen molar-refractivity contribution < 1.29 is 4.58 Å². The summed E-state index contributed by atoms with van der Waals surface area (Å²) >= 11 is 4.64. The summed E-state index contributed by atoms with van der Waals surface area (Å²) in [7, 11) is 4.25. The molecule has 0 aliphatic carbocycles. The summed E-state index contributed by atoms with van der Waals surface area (Å²) in [4.78, 5) is 2.23. The standard InChI is InChI=1S/C13H19N2.CH3Cl/c1-14(2)9-10-15-8-7-12-5-3-4-6-13(12)11-15;1-2/h3-6,11H,7-10H2,1-2H3;1H3/q+1;. The predicted octanol–water partition coefficient (Wildman–Crippen LogP) is 2.09. The van der Waals surface area contributed by atoms with Gasteiger partial charge in [-0.25, -0.2) is 4.58 Å². The molecule has 0 atom stereocenters. The second-order valence-electron chi connectivity index (χ2n) is 4.42. The van der Waals surface area contributed by atoms with Gasteiger partial charge in [0.1, 0.15) is 6.54 Å². The number of halogens is 1. The average Bonchev–Trinajstić information content (AvgIpc) is 2.38. The van der Waals surface area contributed by atoms with Crippen LogP contribution in [-0.2, 0) is 6.42 Å². The molecule has 0 spiro atoms. The van der Waals surface area contributed by atoms with Gasteiger partial charge in [-0.05, 0) is 25.7 Å². The quantitative estimate of drug-likeness (QED) is 0.591. The van der Waals surface area contributed by atoms with Gasteiger partial charge in [0, 0.05) is 18.4 Å². The third-order valence-electron chi connectivity index (χ3n) is 2.88. The molecule has 0 unspecified atom stereocenters. The molecule has 0 saturated heterocycles. The van der Waals surface area contributed by atoms with E-state index in [2.05, 4.69) is 65.7 Å². The fourth-order valence-corrected chi connectivity index (χ4v) is 1.92. The summed E-state index contributed by atoms with van der Waals surface area (Å²) < 4.78 is 2.42. The van der Waals surface area contributed by atoms with E-state index in [0.717, 1.165) is 19.6 Å². The highest BCUT2D eigenvalue weighted by Gasteiger charge is 2.14. The maximum atomic E-state index is 4.64. The van der Waals surface area contributed by atoms with Crippen LogP contribution in [0.15, 0.2) is 24.3 Å². The largest absolute Gasteiger partial charge is 0.303 e. The molecule has 1 aromatic rings. The molecule has 0 bridgehead atoms. The molecule has 0 radical (unpaired) electrons. The molecule has 3 heteroatoms. The van der Waals surface area contributed by atoms with Gasteiger partial charge in [-0.15, -0.1) is 11.6 Å². The first-order chi connectivity index (χ1) is 8.25. The Balaban J connectivity index is 0.000000686. The molecule has 1 aliphatic rings. The van der Waals surface area contributed by atoms with Gasteiger partial charge in [0.25, 0.3) is 0 Å². The lowest BCUT2D eigenvalue weighted by atomic mass is 10.0. The van der Waals surface area contributed by atoms with Crippen LogP contribution in [0.3, 0.4) is 0 Å². The van der Waals surface area contributed by atoms with E-state index in [9.17, 15) is 0 Å². The molecular formula is C14H22ClN2+. The van der Waals surface area contributed by atoms with Crippen LogP contribution < -0.4 is 0 Å². The predicted molar refractivity (Wildman–Crippen MR) is 75.6 cm³/mol. The van der Waals surface area contributed by atoms with Crippen molar-refractivity contribution in [3.05, 3.63) is 35.4 Å². The number of likely N-dealkylation sites (N-methyl/N-ethyl adjacent to an activating group) is 1. The normalized spacial score (nSPS) is 13.6. The molecule has 1 aliphatic heterocycles. The van der Waals surface area contributed by atoms with Crippen molar-refractivity contribution in [3.63, 3.8) is 0 Å². The van der Waals surface area contributed by atoms with Gasteiger partial charge in [0.15, 0.2) is 12.8 Å². The number of alkyl halides is 1. The lowest BCUT2D eigenvalue weighted by Gasteiger charge is -2.14. The van der Waals surface area contributed by atoms with Crippen molar-refractivity contribution in [3.8, 4) is 0 Å². The zero-order valence-corrected chi connectivity index (χ0v) is 11.7. The van der Waals surface area contributed by atoms with Crippen LogP contribution in [0, 0.1) is 0 Å². The Labute approximate surface area is 110 Å². The molecule has 2 nitrogen and oxygen atoms in total. The Kier molecular flexibility index (Phi) is 6.23. The highest BCUT2D eigenvalue weighted by molar-refractivity contribution is 6.15. The molecule has 1 aromatic carbocycles. The Hall–Kier alpha value is -0.860. The van der Waals surface area contributed by atoms with E-state index in [0.29, 0.717) is 0 Å². The minimum Gasteiger partial charge on any atom is -0.303 e. The maximum Gasteiger partial charge on any atom is 0.171 e. The summed E-state index contributed by atoms with van der Waals surface area (Å²) in [5.74, 6) is 0. The van der Waals surface area contributed by atoms with Crippen LogP contribution in [0.2, 0.25) is 0 Å². The lowest BCUT2D eigenvalue weighted by molar-refractivity contribution is -0.523. The smallest absolute Gasteiger partial charge is 0.171 e. The van der Waals surface area contributed by atoms with Gasteiger partial charge in [-0.1, -0.05) is 18.2 Å². The van der Waals surface area contributed by atoms with Gasteiger partial charge in [-0.2, -0.15) is 0 Å². The third kappa shape index (κ3) is 4.49. The average molecular weight is 254 g/mol. The third-order valence-corrected chi connectivity index (χ3v) is 2.88. The maximum absolute atomic E-state index is 4.64. The highest BCUT2D eigenvalue weighted by Crippen LogP contribution is 2.10. The van der Waals surface area contributed by atoms with Gasteiger partial charge in [0.2, 0.25) is 0 Å². The minimum absolute atomic E-state index is 1.12. The Morgan fingerprint density at radius 3 is 2.65 bits per heavy atom. The van der Waals surface area contributed by atoms with E-state index >= 15 is 0 Å². The highest BCUT2D eigenvalue weighted by atomic mass is 35.5. The van der Waals surface area contributed by atoms with Gasteiger partial charge in [-0.3, -0.25) is 0 Å². The molecule has 94 valence electrons. The minimum atomic E-state index is 1.12. The molecule has 0 saturated carbocycles. The summed E-state index contributed by atoms with van der Waals surface area (Å²) in [6.07, 6.45) is 4.95. The summed E-state index contributed by atoms with van der Waals surface area (Å²) in [6, 6.07) is 8.68. The van der Waals surface area contributed by atoms with E-state index in [-0.39, 0.29) is 0 Å². The summed E-state index contributed by atoms with van der Waals surface area (Å²) in [6.45, 7) is 3.41. The first kappa shape index (κ1) is 14.2. The van der Waals surface area contributed by atoms with Crippen LogP contribution in [0.5, 0.6) is 0 Å². The van der Waals surface area contributed by atoms with Gasteiger partial charge >= 0.3 is 0 Å². The van der Waals surface area contributed by atoms with Crippen LogP contribution in [0.4, 0.5) is 0 Å². The van der Waals surface area contributed by atoms with Crippen molar-refractivity contribution in [1.82, 2.24) is 4.90 Å². The molecule has 17 heavy (non-hydrogen) atoms. The van der Waals surface area contributed by atoms with Crippen LogP contribution in [0.1, 0.15) is 11.1 Å². The number of nitrogens with zero attached hydrogens (tertiary/aromatic N) is 2. The summed E-state index contributed by atoms with van der Waals surface area (Å²) in [5, 5.41) is 0. The van der Waals surface area contributed by atoms with Crippen molar-refractivity contribution in [2.24, 2.45) is 0 Å². The molecule has 0 fully saturated rings. The number of benzene rings is 1. The SMILES string of the molecule is CCl.CN(C)CC[N+]1=Cc2ccccc2CC1. The van der Waals surface area contributed by atoms with Crippen LogP contribution in [0.25, 0.3) is 0 Å². The van der Waals surface area contributed by atoms with Crippen molar-refractivity contribution in [1.29, 1.82) is 0 Å². The van der Waals surface area contributed by atoms with E-state index < -0.39 is 0 Å². The number of hydrogen-bond acceptors (Lipinski definition) is 1. The lowest BCUT2D eigenvalue weighted by Crippen LogP contribution is -2.29. The second-order valence-corrected chi connectivity index (χ2v) is 4.42. The Morgan fingerprint density at radius 1 is 1.24 bits per heavy atom. The van der Waals surface area contributed by atoms with Crippen molar-refractivity contribution in [2.75, 3.05) is 40.1 Å². The van der Waals surface area contributed by atoms with E-state index in [1.807, 2.05) is 0 Å². The number of rotatable bonds is 3. The van der Waals surface area contributed by atoms with E-state index in [1.165, 1.54) is 23.9 Å². The molecule has 0 amide bonds. The Morgan fingerprint density at radius 2 is 1.94 bits per heavy atom. The zero-order chi connectivity index (χ0) is 12.7. The number of fused-ring (bicyclic) bond motifs is 1. The van der Waals surface area contributed by atoms with Gasteiger partial charge < -0.3 is 4.90 Å². The zero-order valence-electron chi connectivity index (χ0n) is 11.0. The fourth-order valence-electron chi connectivity index (χ4n) is 1.92. The number of hydrogen-bond donors (Lipinski definition) is 0. The van der Waals surface area contributed by atoms with Gasteiger partial charge in [0.05, 0.1) is 6.54 Å². The molecule has 2 rings (SSSR count). The monoisotopic (exact) mass is 253 g/mol. The molecule has 0 aromatic heterocycles. The fraction of sp³-hybridized carbons (Fsp3) is 0.500. The molecule has 0 N–H and O–H groups in total. The molecular weight excluding hydrogens is 232 g/mol. The second kappa shape index (κ2) is 7.46. The first-order valence-electron chi connectivity index (χ1n) is 5.95. The van der Waals surface area contributed by atoms with Crippen LogP contribution >= 0.6 is 11.6 Å². The molecule has 1 heterocycles. The Bertz CT molecular complexity index is 372. The first-order valence-corrected chi connectivity index (χ1v) is 6.70. The van der Waals surface area contributed by atoms with Crippen LogP contribution in [-0.4, -0.2) is 55.8 Å². The summed E-state index contributed by atoms with van der Waals surface area (Å²) in [5.41, 5.74) is 2.88.